The van der Waals surface area contributed by atoms with Crippen LogP contribution in [0.3, 0.4) is 0 Å². The molecule has 1 atom stereocenters. The molecule has 0 bridgehead atoms. The van der Waals surface area contributed by atoms with E-state index in [0.29, 0.717) is 6.42 Å². The summed E-state index contributed by atoms with van der Waals surface area (Å²) in [4.78, 5) is 14.7. The number of carbonyl (C=O) groups excluding carboxylic acids is 1. The maximum absolute atomic E-state index is 12.8. The number of nitrogens with one attached hydrogen (secondary N) is 1. The van der Waals surface area contributed by atoms with E-state index in [-0.39, 0.29) is 22.8 Å². The number of piperazine rings is 1. The number of hydrogen-bond acceptors (Lipinski definition) is 4. The van der Waals surface area contributed by atoms with Crippen molar-refractivity contribution < 1.29 is 13.2 Å². The van der Waals surface area contributed by atoms with Gasteiger partial charge < -0.3 is 14.8 Å². The molecular weight excluding hydrogens is 434 g/mol. The van der Waals surface area contributed by atoms with Crippen molar-refractivity contribution in [1.29, 1.82) is 0 Å². The number of amides is 1. The van der Waals surface area contributed by atoms with E-state index >= 15 is 0 Å². The normalized spacial score (nSPS) is 15.8. The Bertz CT molecular complexity index is 1220. The number of benzene rings is 2. The molecule has 0 aliphatic carbocycles. The summed E-state index contributed by atoms with van der Waals surface area (Å²) in [7, 11) is -3.02. The Morgan fingerprint density at radius 1 is 1.00 bits per heavy atom. The standard InChI is InChI=1S/C26H33N3O3S/c1-19(2)33(31,32)17-11-20(3)21-4-7-24(8-5-21)29-14-10-22-18-23(6-9-25(22)29)26(30)28-15-12-27-13-16-28/h4-10,14,18-20,27H,11-13,15-17H2,1-3H3/t20-/m0/s1. The van der Waals surface area contributed by atoms with Gasteiger partial charge in [-0.05, 0) is 68.1 Å². The predicted molar refractivity (Wildman–Crippen MR) is 134 cm³/mol. The first-order valence-corrected chi connectivity index (χ1v) is 13.4. The third kappa shape index (κ3) is 5.14. The van der Waals surface area contributed by atoms with Crippen LogP contribution in [0.4, 0.5) is 0 Å². The fourth-order valence-electron chi connectivity index (χ4n) is 4.26. The van der Waals surface area contributed by atoms with Crippen molar-refractivity contribution in [3.63, 3.8) is 0 Å². The zero-order valence-corrected chi connectivity index (χ0v) is 20.4. The van der Waals surface area contributed by atoms with Crippen LogP contribution in [-0.2, 0) is 9.84 Å². The van der Waals surface area contributed by atoms with Gasteiger partial charge in [-0.3, -0.25) is 4.79 Å². The van der Waals surface area contributed by atoms with Gasteiger partial charge in [0.1, 0.15) is 0 Å². The first-order chi connectivity index (χ1) is 15.8. The quantitative estimate of drug-likeness (QED) is 0.570. The van der Waals surface area contributed by atoms with Crippen molar-refractivity contribution in [2.45, 2.75) is 38.4 Å². The lowest BCUT2D eigenvalue weighted by atomic mass is 9.98. The van der Waals surface area contributed by atoms with Crippen LogP contribution >= 0.6 is 0 Å². The second kappa shape index (κ2) is 9.69. The van der Waals surface area contributed by atoms with Crippen LogP contribution in [0.2, 0.25) is 0 Å². The lowest BCUT2D eigenvalue weighted by Crippen LogP contribution is -2.46. The number of rotatable bonds is 7. The molecule has 2 heterocycles. The van der Waals surface area contributed by atoms with E-state index in [2.05, 4.69) is 41.1 Å². The second-order valence-corrected chi connectivity index (χ2v) is 11.9. The van der Waals surface area contributed by atoms with E-state index in [1.807, 2.05) is 35.4 Å². The summed E-state index contributed by atoms with van der Waals surface area (Å²) in [5.74, 6) is 0.474. The summed E-state index contributed by atoms with van der Waals surface area (Å²) >= 11 is 0. The zero-order valence-electron chi connectivity index (χ0n) is 19.6. The lowest BCUT2D eigenvalue weighted by molar-refractivity contribution is 0.0736. The van der Waals surface area contributed by atoms with Crippen LogP contribution in [-0.4, -0.2) is 61.0 Å². The van der Waals surface area contributed by atoms with Gasteiger partial charge in [0, 0.05) is 49.0 Å². The molecule has 1 fully saturated rings. The minimum Gasteiger partial charge on any atom is -0.336 e. The van der Waals surface area contributed by atoms with Gasteiger partial charge in [0.25, 0.3) is 5.91 Å². The fourth-order valence-corrected chi connectivity index (χ4v) is 5.41. The molecule has 6 nitrogen and oxygen atoms in total. The van der Waals surface area contributed by atoms with Crippen LogP contribution < -0.4 is 5.32 Å². The van der Waals surface area contributed by atoms with Crippen molar-refractivity contribution in [2.75, 3.05) is 31.9 Å². The van der Waals surface area contributed by atoms with Gasteiger partial charge in [0.15, 0.2) is 9.84 Å². The van der Waals surface area contributed by atoms with Crippen LogP contribution in [0.1, 0.15) is 49.0 Å². The molecule has 1 aliphatic heterocycles. The molecule has 1 amide bonds. The number of fused-ring (bicyclic) bond motifs is 1. The number of aromatic nitrogens is 1. The van der Waals surface area contributed by atoms with Gasteiger partial charge in [-0.15, -0.1) is 0 Å². The molecule has 0 spiro atoms. The highest BCUT2D eigenvalue weighted by Crippen LogP contribution is 2.26. The summed E-state index contributed by atoms with van der Waals surface area (Å²) in [6, 6.07) is 16.2. The molecular formula is C26H33N3O3S. The Balaban J connectivity index is 1.49. The molecule has 176 valence electrons. The van der Waals surface area contributed by atoms with E-state index in [0.717, 1.165) is 53.9 Å². The van der Waals surface area contributed by atoms with Gasteiger partial charge in [-0.25, -0.2) is 8.42 Å². The molecule has 2 aromatic carbocycles. The highest BCUT2D eigenvalue weighted by atomic mass is 32.2. The first kappa shape index (κ1) is 23.5. The molecule has 7 heteroatoms. The number of carbonyl (C=O) groups is 1. The minimum atomic E-state index is -3.02. The molecule has 0 radical (unpaired) electrons. The number of hydrogen-bond donors (Lipinski definition) is 1. The van der Waals surface area contributed by atoms with Crippen molar-refractivity contribution in [2.24, 2.45) is 0 Å². The molecule has 1 N–H and O–H groups in total. The van der Waals surface area contributed by atoms with Crippen molar-refractivity contribution in [3.8, 4) is 5.69 Å². The summed E-state index contributed by atoms with van der Waals surface area (Å²) in [6.07, 6.45) is 2.65. The van der Waals surface area contributed by atoms with E-state index in [4.69, 9.17) is 0 Å². The van der Waals surface area contributed by atoms with Crippen molar-refractivity contribution >= 4 is 26.6 Å². The van der Waals surface area contributed by atoms with Crippen LogP contribution in [0.25, 0.3) is 16.6 Å². The van der Waals surface area contributed by atoms with E-state index < -0.39 is 9.84 Å². The summed E-state index contributed by atoms with van der Waals surface area (Å²) in [5.41, 5.74) is 3.95. The van der Waals surface area contributed by atoms with Crippen molar-refractivity contribution in [3.05, 3.63) is 65.9 Å². The Labute approximate surface area is 196 Å². The highest BCUT2D eigenvalue weighted by Gasteiger charge is 2.19. The third-order valence-corrected chi connectivity index (χ3v) is 8.88. The molecule has 4 rings (SSSR count). The third-order valence-electron chi connectivity index (χ3n) is 6.64. The largest absolute Gasteiger partial charge is 0.336 e. The second-order valence-electron chi connectivity index (χ2n) is 9.20. The Kier molecular flexibility index (Phi) is 6.91. The molecule has 1 saturated heterocycles. The highest BCUT2D eigenvalue weighted by molar-refractivity contribution is 7.91. The SMILES string of the molecule is CC(C)S(=O)(=O)CC[C@H](C)c1ccc(-n2ccc3cc(C(=O)N4CCNCC4)ccc32)cc1. The molecule has 1 aromatic heterocycles. The van der Waals surface area contributed by atoms with Gasteiger partial charge in [0.2, 0.25) is 0 Å². The summed E-state index contributed by atoms with van der Waals surface area (Å²) in [5, 5.41) is 3.98. The average molecular weight is 468 g/mol. The van der Waals surface area contributed by atoms with E-state index in [1.165, 1.54) is 0 Å². The Morgan fingerprint density at radius 2 is 1.70 bits per heavy atom. The summed E-state index contributed by atoms with van der Waals surface area (Å²) in [6.45, 7) is 8.71. The van der Waals surface area contributed by atoms with Gasteiger partial charge in [-0.1, -0.05) is 19.1 Å². The summed E-state index contributed by atoms with van der Waals surface area (Å²) < 4.78 is 26.4. The monoisotopic (exact) mass is 467 g/mol. The van der Waals surface area contributed by atoms with Crippen LogP contribution in [0.5, 0.6) is 0 Å². The van der Waals surface area contributed by atoms with Crippen LogP contribution in [0, 0.1) is 0 Å². The smallest absolute Gasteiger partial charge is 0.253 e. The Hall–Kier alpha value is -2.64. The van der Waals surface area contributed by atoms with Gasteiger partial charge in [0.05, 0.1) is 16.5 Å². The number of sulfone groups is 1. The Morgan fingerprint density at radius 3 is 2.36 bits per heavy atom. The lowest BCUT2D eigenvalue weighted by Gasteiger charge is -2.27. The molecule has 33 heavy (non-hydrogen) atoms. The van der Waals surface area contributed by atoms with E-state index in [9.17, 15) is 13.2 Å². The van der Waals surface area contributed by atoms with E-state index in [1.54, 1.807) is 13.8 Å². The van der Waals surface area contributed by atoms with Crippen molar-refractivity contribution in [1.82, 2.24) is 14.8 Å². The number of nitrogens with zero attached hydrogens (tertiary/aromatic N) is 2. The van der Waals surface area contributed by atoms with Crippen LogP contribution in [0.15, 0.2) is 54.7 Å². The van der Waals surface area contributed by atoms with Gasteiger partial charge in [-0.2, -0.15) is 0 Å². The topological polar surface area (TPSA) is 71.4 Å². The minimum absolute atomic E-state index is 0.0870. The molecule has 0 saturated carbocycles. The maximum atomic E-state index is 12.8. The zero-order chi connectivity index (χ0) is 23.6. The predicted octanol–water partition coefficient (Wildman–Crippen LogP) is 3.99. The maximum Gasteiger partial charge on any atom is 0.253 e. The first-order valence-electron chi connectivity index (χ1n) is 11.7. The molecule has 3 aromatic rings. The molecule has 0 unspecified atom stereocenters. The average Bonchev–Trinajstić information content (AvgIpc) is 3.26. The molecule has 1 aliphatic rings. The van der Waals surface area contributed by atoms with Gasteiger partial charge >= 0.3 is 0 Å². The fraction of sp³-hybridized carbons (Fsp3) is 0.423.